The van der Waals surface area contributed by atoms with Crippen LogP contribution in [0.15, 0.2) is 64.8 Å². The molecule has 158 valence electrons. The molecule has 0 bridgehead atoms. The van der Waals surface area contributed by atoms with Crippen LogP contribution in [0.5, 0.6) is 5.75 Å². The van der Waals surface area contributed by atoms with Gasteiger partial charge >= 0.3 is 0 Å². The third-order valence-corrected chi connectivity index (χ3v) is 5.43. The lowest BCUT2D eigenvalue weighted by Crippen LogP contribution is -2.14. The van der Waals surface area contributed by atoms with Crippen LogP contribution in [0.3, 0.4) is 0 Å². The number of benzene rings is 2. The highest BCUT2D eigenvalue weighted by Crippen LogP contribution is 2.26. The highest BCUT2D eigenvalue weighted by Gasteiger charge is 2.17. The number of nitrogens with one attached hydrogen (secondary N) is 2. The van der Waals surface area contributed by atoms with Crippen LogP contribution in [-0.4, -0.2) is 37.8 Å². The van der Waals surface area contributed by atoms with E-state index in [1.165, 1.54) is 18.1 Å². The highest BCUT2D eigenvalue weighted by molar-refractivity contribution is 7.99. The summed E-state index contributed by atoms with van der Waals surface area (Å²) >= 11 is 1.24. The Bertz CT molecular complexity index is 1260. The van der Waals surface area contributed by atoms with Gasteiger partial charge in [0.05, 0.1) is 18.7 Å². The molecule has 9 heteroatoms. The number of anilines is 1. The fourth-order valence-electron chi connectivity index (χ4n) is 3.04. The standard InChI is InChI=1S/C22H21N5O3S/c1-3-30-17-10-6-15(7-11-17)25-18(28)12-31-22-26-19-20(23-13-24-21(19)29)27(22)16-8-4-14(2)5-9-16/h4-11,13H,3,12H2,1-2H3,(H,25,28)(H,23,24,29). The van der Waals surface area contributed by atoms with Crippen molar-refractivity contribution in [2.45, 2.75) is 19.0 Å². The van der Waals surface area contributed by atoms with E-state index in [4.69, 9.17) is 4.74 Å². The van der Waals surface area contributed by atoms with Gasteiger partial charge in [0, 0.05) is 11.4 Å². The molecule has 0 saturated heterocycles. The van der Waals surface area contributed by atoms with Crippen LogP contribution >= 0.6 is 11.8 Å². The molecule has 0 radical (unpaired) electrons. The number of ether oxygens (including phenoxy) is 1. The van der Waals surface area contributed by atoms with E-state index in [0.29, 0.717) is 23.1 Å². The number of hydrogen-bond donors (Lipinski definition) is 2. The van der Waals surface area contributed by atoms with E-state index in [1.54, 1.807) is 28.8 Å². The van der Waals surface area contributed by atoms with Gasteiger partial charge in [-0.15, -0.1) is 0 Å². The van der Waals surface area contributed by atoms with E-state index in [0.717, 1.165) is 17.0 Å². The Morgan fingerprint density at radius 3 is 2.61 bits per heavy atom. The molecule has 0 aliphatic carbocycles. The van der Waals surface area contributed by atoms with Gasteiger partial charge in [-0.05, 0) is 50.2 Å². The topological polar surface area (TPSA) is 102 Å². The number of nitrogens with zero attached hydrogens (tertiary/aromatic N) is 3. The van der Waals surface area contributed by atoms with Gasteiger partial charge in [0.2, 0.25) is 5.91 Å². The number of rotatable bonds is 7. The normalized spacial score (nSPS) is 10.9. The zero-order valence-corrected chi connectivity index (χ0v) is 17.9. The quantitative estimate of drug-likeness (QED) is 0.431. The Kier molecular flexibility index (Phi) is 6.03. The van der Waals surface area contributed by atoms with Gasteiger partial charge in [-0.25, -0.2) is 9.97 Å². The summed E-state index contributed by atoms with van der Waals surface area (Å²) in [5.41, 5.74) is 2.97. The molecule has 0 fully saturated rings. The number of imidazole rings is 1. The van der Waals surface area contributed by atoms with E-state index in [1.807, 2.05) is 38.1 Å². The average molecular weight is 436 g/mol. The molecule has 2 aromatic heterocycles. The Morgan fingerprint density at radius 2 is 1.90 bits per heavy atom. The Balaban J connectivity index is 1.56. The molecule has 0 aliphatic heterocycles. The summed E-state index contributed by atoms with van der Waals surface area (Å²) in [6.45, 7) is 4.50. The molecule has 0 saturated carbocycles. The number of aromatic nitrogens is 4. The summed E-state index contributed by atoms with van der Waals surface area (Å²) in [4.78, 5) is 36.0. The molecular weight excluding hydrogens is 414 g/mol. The largest absolute Gasteiger partial charge is 0.494 e. The molecule has 31 heavy (non-hydrogen) atoms. The third kappa shape index (κ3) is 4.61. The Hall–Kier alpha value is -3.59. The molecule has 0 aliphatic rings. The number of hydrogen-bond acceptors (Lipinski definition) is 6. The SMILES string of the molecule is CCOc1ccc(NC(=O)CSc2nc3c(=O)[nH]cnc3n2-c2ccc(C)cc2)cc1. The van der Waals surface area contributed by atoms with E-state index in [-0.39, 0.29) is 22.7 Å². The van der Waals surface area contributed by atoms with Crippen LogP contribution in [0.25, 0.3) is 16.9 Å². The van der Waals surface area contributed by atoms with Crippen LogP contribution < -0.4 is 15.6 Å². The smallest absolute Gasteiger partial charge is 0.278 e. The van der Waals surface area contributed by atoms with Gasteiger partial charge < -0.3 is 15.0 Å². The Labute approximate surface area is 182 Å². The maximum Gasteiger partial charge on any atom is 0.278 e. The number of thioether (sulfide) groups is 1. The molecule has 2 heterocycles. The molecule has 4 aromatic rings. The minimum absolute atomic E-state index is 0.125. The van der Waals surface area contributed by atoms with Crippen molar-refractivity contribution < 1.29 is 9.53 Å². The van der Waals surface area contributed by atoms with Crippen molar-refractivity contribution >= 4 is 34.5 Å². The maximum atomic E-state index is 12.5. The van der Waals surface area contributed by atoms with Crippen molar-refractivity contribution in [3.63, 3.8) is 0 Å². The molecule has 0 unspecified atom stereocenters. The number of amides is 1. The first-order chi connectivity index (χ1) is 15.0. The van der Waals surface area contributed by atoms with Crippen molar-refractivity contribution in [2.24, 2.45) is 0 Å². The van der Waals surface area contributed by atoms with Gasteiger partial charge in [0.15, 0.2) is 16.3 Å². The zero-order chi connectivity index (χ0) is 21.8. The van der Waals surface area contributed by atoms with Gasteiger partial charge in [0.1, 0.15) is 5.75 Å². The number of fused-ring (bicyclic) bond motifs is 1. The van der Waals surface area contributed by atoms with Crippen molar-refractivity contribution in [1.82, 2.24) is 19.5 Å². The summed E-state index contributed by atoms with van der Waals surface area (Å²) in [5.74, 6) is 0.693. The summed E-state index contributed by atoms with van der Waals surface area (Å²) in [7, 11) is 0. The van der Waals surface area contributed by atoms with E-state index < -0.39 is 0 Å². The molecule has 2 N–H and O–H groups in total. The molecule has 1 amide bonds. The van der Waals surface area contributed by atoms with E-state index in [9.17, 15) is 9.59 Å². The molecule has 2 aromatic carbocycles. The van der Waals surface area contributed by atoms with Crippen molar-refractivity contribution in [1.29, 1.82) is 0 Å². The third-order valence-electron chi connectivity index (χ3n) is 4.49. The lowest BCUT2D eigenvalue weighted by molar-refractivity contribution is -0.113. The first-order valence-electron chi connectivity index (χ1n) is 9.74. The van der Waals surface area contributed by atoms with Crippen LogP contribution in [0.4, 0.5) is 5.69 Å². The molecule has 4 rings (SSSR count). The highest BCUT2D eigenvalue weighted by atomic mass is 32.2. The van der Waals surface area contributed by atoms with Crippen molar-refractivity contribution in [2.75, 3.05) is 17.7 Å². The zero-order valence-electron chi connectivity index (χ0n) is 17.1. The minimum atomic E-state index is -0.323. The molecule has 0 spiro atoms. The minimum Gasteiger partial charge on any atom is -0.494 e. The van der Waals surface area contributed by atoms with Crippen LogP contribution in [0, 0.1) is 6.92 Å². The Morgan fingerprint density at radius 1 is 1.16 bits per heavy atom. The number of aryl methyl sites for hydroxylation is 1. The van der Waals surface area contributed by atoms with Gasteiger partial charge in [-0.3, -0.25) is 14.2 Å². The maximum absolute atomic E-state index is 12.5. The number of carbonyl (C=O) groups is 1. The van der Waals surface area contributed by atoms with Crippen molar-refractivity contribution in [3.05, 3.63) is 70.8 Å². The predicted octanol–water partition coefficient (Wildman–Crippen LogP) is 3.55. The second-order valence-corrected chi connectivity index (χ2v) is 7.71. The summed E-state index contributed by atoms with van der Waals surface area (Å²) in [6, 6.07) is 15.0. The predicted molar refractivity (Wildman–Crippen MR) is 121 cm³/mol. The summed E-state index contributed by atoms with van der Waals surface area (Å²) < 4.78 is 7.20. The second-order valence-electron chi connectivity index (χ2n) is 6.76. The fraction of sp³-hybridized carbons (Fsp3) is 0.182. The number of aromatic amines is 1. The first-order valence-corrected chi connectivity index (χ1v) is 10.7. The van der Waals surface area contributed by atoms with E-state index >= 15 is 0 Å². The van der Waals surface area contributed by atoms with Crippen LogP contribution in [0.2, 0.25) is 0 Å². The van der Waals surface area contributed by atoms with E-state index in [2.05, 4.69) is 20.3 Å². The fourth-order valence-corrected chi connectivity index (χ4v) is 3.84. The lowest BCUT2D eigenvalue weighted by atomic mass is 10.2. The number of carbonyl (C=O) groups excluding carboxylic acids is 1. The molecular formula is C22H21N5O3S. The molecule has 8 nitrogen and oxygen atoms in total. The van der Waals surface area contributed by atoms with Crippen molar-refractivity contribution in [3.8, 4) is 11.4 Å². The summed E-state index contributed by atoms with van der Waals surface area (Å²) in [6.07, 6.45) is 1.35. The first kappa shape index (κ1) is 20.7. The number of H-pyrrole nitrogens is 1. The molecule has 0 atom stereocenters. The van der Waals surface area contributed by atoms with Gasteiger partial charge in [0.25, 0.3) is 5.56 Å². The van der Waals surface area contributed by atoms with Gasteiger partial charge in [-0.2, -0.15) is 0 Å². The van der Waals surface area contributed by atoms with Crippen LogP contribution in [-0.2, 0) is 4.79 Å². The monoisotopic (exact) mass is 435 g/mol. The van der Waals surface area contributed by atoms with Gasteiger partial charge in [-0.1, -0.05) is 29.5 Å². The average Bonchev–Trinajstić information content (AvgIpc) is 3.14. The summed E-state index contributed by atoms with van der Waals surface area (Å²) in [5, 5.41) is 3.38. The lowest BCUT2D eigenvalue weighted by Gasteiger charge is -2.09. The second kappa shape index (κ2) is 9.05. The van der Waals surface area contributed by atoms with Crippen LogP contribution in [0.1, 0.15) is 12.5 Å².